The Morgan fingerprint density at radius 2 is 1.80 bits per heavy atom. The quantitative estimate of drug-likeness (QED) is 0.0953. The standard InChI is InChI=1S/C30H35N3O8/c1-3-4-6-12-22(17-33(20-34)40-18-21-10-7-5-8-11-21)28(35)31-19-32-29(36)26-16-15-25(41-26)23-13-9-14-24(30(37)38)27(23)39-2/h5,7-11,13-16,20,22H,3-4,6,12,17-19H2,1-2H3,(H,31,35)(H,32,36)(H,37,38)/t22-/m1/s1. The van der Waals surface area contributed by atoms with Crippen LogP contribution in [-0.2, 0) is 21.0 Å². The molecule has 218 valence electrons. The number of methoxy groups -OCH3 is 1. The van der Waals surface area contributed by atoms with E-state index in [9.17, 15) is 24.3 Å². The Morgan fingerprint density at radius 1 is 1.02 bits per heavy atom. The highest BCUT2D eigenvalue weighted by Crippen LogP contribution is 2.34. The van der Waals surface area contributed by atoms with E-state index in [1.54, 1.807) is 12.1 Å². The highest BCUT2D eigenvalue weighted by Gasteiger charge is 2.23. The topological polar surface area (TPSA) is 147 Å². The zero-order valence-corrected chi connectivity index (χ0v) is 23.1. The van der Waals surface area contributed by atoms with Crippen molar-refractivity contribution in [3.8, 4) is 17.1 Å². The molecule has 0 aliphatic rings. The van der Waals surface area contributed by atoms with E-state index in [0.717, 1.165) is 29.9 Å². The Hall–Kier alpha value is -4.64. The van der Waals surface area contributed by atoms with Crippen molar-refractivity contribution < 1.29 is 38.3 Å². The number of benzene rings is 2. The first-order valence-electron chi connectivity index (χ1n) is 13.3. The molecular formula is C30H35N3O8. The van der Waals surface area contributed by atoms with E-state index in [1.165, 1.54) is 25.3 Å². The van der Waals surface area contributed by atoms with E-state index in [1.807, 2.05) is 30.3 Å². The molecule has 0 saturated carbocycles. The van der Waals surface area contributed by atoms with Gasteiger partial charge >= 0.3 is 5.97 Å². The Morgan fingerprint density at radius 3 is 2.49 bits per heavy atom. The van der Waals surface area contributed by atoms with Crippen molar-refractivity contribution in [2.24, 2.45) is 5.92 Å². The molecular weight excluding hydrogens is 530 g/mol. The zero-order valence-electron chi connectivity index (χ0n) is 23.1. The Labute approximate surface area is 238 Å². The van der Waals surface area contributed by atoms with Crippen LogP contribution in [0.5, 0.6) is 5.75 Å². The van der Waals surface area contributed by atoms with Crippen molar-refractivity contribution in [3.05, 3.63) is 77.6 Å². The molecule has 0 fully saturated rings. The van der Waals surface area contributed by atoms with Crippen molar-refractivity contribution in [1.82, 2.24) is 15.7 Å². The Bertz CT molecular complexity index is 1310. The summed E-state index contributed by atoms with van der Waals surface area (Å²) in [6, 6.07) is 16.9. The molecule has 1 aromatic heterocycles. The van der Waals surface area contributed by atoms with Gasteiger partial charge in [0.1, 0.15) is 23.7 Å². The SMILES string of the molecule is CCCCC[C@H](CN(C=O)OCc1ccccc1)C(=O)NCNC(=O)c1ccc(-c2cccc(C(=O)O)c2OC)o1. The number of hydrogen-bond donors (Lipinski definition) is 3. The summed E-state index contributed by atoms with van der Waals surface area (Å²) in [4.78, 5) is 54.4. The minimum absolute atomic E-state index is 0.0297. The van der Waals surface area contributed by atoms with Gasteiger partial charge in [0, 0.05) is 0 Å². The first-order chi connectivity index (χ1) is 19.9. The number of carboxylic acids is 1. The summed E-state index contributed by atoms with van der Waals surface area (Å²) < 4.78 is 10.9. The number of amides is 3. The number of ether oxygens (including phenoxy) is 1. The third-order valence-corrected chi connectivity index (χ3v) is 6.34. The molecule has 0 unspecified atom stereocenters. The lowest BCUT2D eigenvalue weighted by atomic mass is 10.0. The first-order valence-corrected chi connectivity index (χ1v) is 13.3. The molecule has 2 aromatic carbocycles. The molecule has 3 aromatic rings. The van der Waals surface area contributed by atoms with E-state index in [-0.39, 0.29) is 48.6 Å². The fourth-order valence-electron chi connectivity index (χ4n) is 4.19. The van der Waals surface area contributed by atoms with Crippen molar-refractivity contribution in [2.75, 3.05) is 20.3 Å². The number of nitrogens with zero attached hydrogens (tertiary/aromatic N) is 1. The molecule has 0 spiro atoms. The number of aromatic carboxylic acids is 1. The van der Waals surface area contributed by atoms with Crippen LogP contribution in [0.1, 0.15) is 59.1 Å². The average Bonchev–Trinajstić information content (AvgIpc) is 3.48. The van der Waals surface area contributed by atoms with Crippen molar-refractivity contribution in [1.29, 1.82) is 0 Å². The number of rotatable bonds is 17. The van der Waals surface area contributed by atoms with Gasteiger partial charge in [0.25, 0.3) is 5.91 Å². The predicted molar refractivity (Wildman–Crippen MR) is 150 cm³/mol. The van der Waals surface area contributed by atoms with Crippen molar-refractivity contribution in [3.63, 3.8) is 0 Å². The van der Waals surface area contributed by atoms with Gasteiger partial charge in [-0.05, 0) is 36.2 Å². The van der Waals surface area contributed by atoms with Gasteiger partial charge in [-0.1, -0.05) is 62.6 Å². The lowest BCUT2D eigenvalue weighted by Gasteiger charge is -2.23. The van der Waals surface area contributed by atoms with Crippen molar-refractivity contribution in [2.45, 2.75) is 39.2 Å². The molecule has 41 heavy (non-hydrogen) atoms. The average molecular weight is 566 g/mol. The molecule has 1 atom stereocenters. The van der Waals surface area contributed by atoms with Crippen LogP contribution in [0.4, 0.5) is 0 Å². The van der Waals surface area contributed by atoms with E-state index >= 15 is 0 Å². The fourth-order valence-corrected chi connectivity index (χ4v) is 4.19. The number of unbranched alkanes of at least 4 members (excludes halogenated alkanes) is 2. The molecule has 3 rings (SSSR count). The van der Waals surface area contributed by atoms with Crippen LogP contribution in [0.2, 0.25) is 0 Å². The number of furan rings is 1. The summed E-state index contributed by atoms with van der Waals surface area (Å²) in [6.07, 6.45) is 3.82. The minimum Gasteiger partial charge on any atom is -0.495 e. The summed E-state index contributed by atoms with van der Waals surface area (Å²) in [5.74, 6) is -2.27. The smallest absolute Gasteiger partial charge is 0.339 e. The zero-order chi connectivity index (χ0) is 29.6. The summed E-state index contributed by atoms with van der Waals surface area (Å²) in [5, 5.41) is 15.8. The van der Waals surface area contributed by atoms with Crippen molar-refractivity contribution >= 4 is 24.2 Å². The van der Waals surface area contributed by atoms with E-state index in [0.29, 0.717) is 18.4 Å². The molecule has 0 aliphatic heterocycles. The molecule has 0 radical (unpaired) electrons. The summed E-state index contributed by atoms with van der Waals surface area (Å²) >= 11 is 0. The van der Waals surface area contributed by atoms with Gasteiger partial charge in [-0.3, -0.25) is 19.2 Å². The maximum Gasteiger partial charge on any atom is 0.339 e. The van der Waals surface area contributed by atoms with Gasteiger partial charge in [-0.15, -0.1) is 0 Å². The van der Waals surface area contributed by atoms with Gasteiger partial charge in [0.05, 0.1) is 31.8 Å². The number of carbonyl (C=O) groups is 4. The highest BCUT2D eigenvalue weighted by molar-refractivity contribution is 5.95. The van der Waals surface area contributed by atoms with Gasteiger partial charge in [0.15, 0.2) is 5.76 Å². The van der Waals surface area contributed by atoms with Crippen LogP contribution in [0.15, 0.2) is 65.1 Å². The molecule has 0 bridgehead atoms. The van der Waals surface area contributed by atoms with Crippen LogP contribution in [0, 0.1) is 5.92 Å². The van der Waals surface area contributed by atoms with Crippen LogP contribution >= 0.6 is 0 Å². The summed E-state index contributed by atoms with van der Waals surface area (Å²) in [7, 11) is 1.35. The second-order valence-corrected chi connectivity index (χ2v) is 9.24. The van der Waals surface area contributed by atoms with E-state index < -0.39 is 17.8 Å². The number of para-hydroxylation sites is 1. The molecule has 3 N–H and O–H groups in total. The third-order valence-electron chi connectivity index (χ3n) is 6.34. The van der Waals surface area contributed by atoms with E-state index in [4.69, 9.17) is 14.0 Å². The Kier molecular flexibility index (Phi) is 11.9. The molecule has 11 nitrogen and oxygen atoms in total. The maximum atomic E-state index is 13.0. The van der Waals surface area contributed by atoms with Crippen LogP contribution in [0.3, 0.4) is 0 Å². The fraction of sp³-hybridized carbons (Fsp3) is 0.333. The molecule has 0 aliphatic carbocycles. The minimum atomic E-state index is -1.16. The van der Waals surface area contributed by atoms with Crippen LogP contribution in [-0.4, -0.2) is 54.7 Å². The lowest BCUT2D eigenvalue weighted by Crippen LogP contribution is -2.43. The van der Waals surface area contributed by atoms with Gasteiger partial charge in [-0.2, -0.15) is 0 Å². The molecule has 0 saturated heterocycles. The first kappa shape index (κ1) is 30.9. The van der Waals surface area contributed by atoms with Crippen LogP contribution < -0.4 is 15.4 Å². The Balaban J connectivity index is 1.58. The number of carboxylic acid groups (broad SMARTS) is 1. The number of carbonyl (C=O) groups excluding carboxylic acids is 3. The number of nitrogens with one attached hydrogen (secondary N) is 2. The molecule has 11 heteroatoms. The normalized spacial score (nSPS) is 11.4. The predicted octanol–water partition coefficient (Wildman–Crippen LogP) is 4.24. The van der Waals surface area contributed by atoms with E-state index in [2.05, 4.69) is 17.6 Å². The van der Waals surface area contributed by atoms with Gasteiger partial charge in [0.2, 0.25) is 12.3 Å². The molecule has 3 amide bonds. The largest absolute Gasteiger partial charge is 0.495 e. The second kappa shape index (κ2) is 15.8. The summed E-state index contributed by atoms with van der Waals surface area (Å²) in [5.41, 5.74) is 1.23. The molecule has 1 heterocycles. The van der Waals surface area contributed by atoms with Crippen LogP contribution in [0.25, 0.3) is 11.3 Å². The number of hydroxylamine groups is 2. The maximum absolute atomic E-state index is 13.0. The highest BCUT2D eigenvalue weighted by atomic mass is 16.7. The van der Waals surface area contributed by atoms with Gasteiger partial charge < -0.3 is 24.9 Å². The monoisotopic (exact) mass is 565 g/mol. The number of hydrogen-bond acceptors (Lipinski definition) is 7. The lowest BCUT2D eigenvalue weighted by molar-refractivity contribution is -0.182. The third kappa shape index (κ3) is 8.94. The second-order valence-electron chi connectivity index (χ2n) is 9.24. The van der Waals surface area contributed by atoms with Gasteiger partial charge in [-0.25, -0.2) is 9.86 Å². The summed E-state index contributed by atoms with van der Waals surface area (Å²) in [6.45, 7) is 2.15.